The van der Waals surface area contributed by atoms with Crippen LogP contribution in [0.4, 0.5) is 0 Å². The Hall–Kier alpha value is -2.88. The molecule has 1 aliphatic heterocycles. The number of aliphatic hydroxyl groups excluding tert-OH is 2. The minimum absolute atomic E-state index is 0.130. The predicted octanol–water partition coefficient (Wildman–Crippen LogP) is 4.63. The molecule has 0 radical (unpaired) electrons. The summed E-state index contributed by atoms with van der Waals surface area (Å²) in [6, 6.07) is 3.40. The predicted molar refractivity (Wildman–Crippen MR) is 136 cm³/mol. The normalized spacial score (nSPS) is 21.9. The molecule has 198 valence electrons. The highest BCUT2D eigenvalue weighted by Gasteiger charge is 2.43. The van der Waals surface area contributed by atoms with Gasteiger partial charge in [-0.2, -0.15) is 0 Å². The van der Waals surface area contributed by atoms with E-state index in [1.807, 2.05) is 6.92 Å². The minimum atomic E-state index is -1.07. The highest BCUT2D eigenvalue weighted by Crippen LogP contribution is 2.33. The second-order valence-corrected chi connectivity index (χ2v) is 9.38. The Balaban J connectivity index is 2.23. The molecule has 5 atom stereocenters. The van der Waals surface area contributed by atoms with E-state index in [9.17, 15) is 20.1 Å². The first-order valence-corrected chi connectivity index (χ1v) is 12.0. The fourth-order valence-corrected chi connectivity index (χ4v) is 3.86. The lowest BCUT2D eigenvalue weighted by Gasteiger charge is -2.20. The number of ether oxygens (including phenoxy) is 3. The molecule has 36 heavy (non-hydrogen) atoms. The first-order valence-electron chi connectivity index (χ1n) is 12.0. The summed E-state index contributed by atoms with van der Waals surface area (Å²) in [5, 5.41) is 33.7. The van der Waals surface area contributed by atoms with E-state index in [4.69, 9.17) is 19.7 Å². The van der Waals surface area contributed by atoms with Gasteiger partial charge in [-0.3, -0.25) is 0 Å². The first-order chi connectivity index (χ1) is 17.0. The lowest BCUT2D eigenvalue weighted by molar-refractivity contribution is -0.152. The van der Waals surface area contributed by atoms with E-state index in [2.05, 4.69) is 10.0 Å². The van der Waals surface area contributed by atoms with Gasteiger partial charge >= 0.3 is 5.97 Å². The second kappa shape index (κ2) is 13.4. The Labute approximate surface area is 211 Å². The van der Waals surface area contributed by atoms with Crippen molar-refractivity contribution in [3.63, 3.8) is 0 Å². The largest absolute Gasteiger partial charge is 0.493 e. The number of carbonyl (C=O) groups is 1. The molecule has 10 nitrogen and oxygen atoms in total. The monoisotopic (exact) mass is 503 g/mol. The zero-order valence-corrected chi connectivity index (χ0v) is 21.5. The van der Waals surface area contributed by atoms with Crippen LogP contribution in [0.1, 0.15) is 62.0 Å². The molecule has 0 aromatic heterocycles. The minimum Gasteiger partial charge on any atom is -0.493 e. The molecule has 0 saturated carbocycles. The fourth-order valence-electron chi connectivity index (χ4n) is 3.86. The van der Waals surface area contributed by atoms with Crippen LogP contribution in [0.25, 0.3) is 16.5 Å². The molecule has 1 fully saturated rings. The fraction of sp³-hybridized carbons (Fsp3) is 0.577. The van der Waals surface area contributed by atoms with Crippen LogP contribution in [0.5, 0.6) is 5.75 Å². The highest BCUT2D eigenvalue weighted by atomic mass is 16.8. The van der Waals surface area contributed by atoms with Gasteiger partial charge in [-0.05, 0) is 63.6 Å². The van der Waals surface area contributed by atoms with Crippen LogP contribution in [0, 0.1) is 12.8 Å². The molecular formula is C26H37N3O7. The number of rotatable bonds is 13. The van der Waals surface area contributed by atoms with Gasteiger partial charge in [-0.25, -0.2) is 4.79 Å². The van der Waals surface area contributed by atoms with Crippen LogP contribution in [0.2, 0.25) is 0 Å². The zero-order chi connectivity index (χ0) is 26.9. The lowest BCUT2D eigenvalue weighted by Crippen LogP contribution is -2.34. The van der Waals surface area contributed by atoms with Crippen LogP contribution in [0.15, 0.2) is 35.5 Å². The van der Waals surface area contributed by atoms with Crippen LogP contribution < -0.4 is 4.74 Å². The Morgan fingerprint density at radius 1 is 1.28 bits per heavy atom. The standard InChI is InChI=1S/C26H37N3O7/c1-16(18(3)30)10-12-20(31)24-22(35-26(4,5)36-24)9-6-8-19-21(34-15-7-14-28-29-27)13-11-17(2)23(19)25(32)33/h6,8,10-13,16,18,20,22,24,30-31H,7,9,14-15H2,1-5H3,(H,32,33)/b8-6+,12-10-/t16-,18-,20?,22+,24+/m0/s1. The molecule has 1 aromatic carbocycles. The van der Waals surface area contributed by atoms with Crippen LogP contribution in [-0.4, -0.2) is 64.6 Å². The summed E-state index contributed by atoms with van der Waals surface area (Å²) in [6.07, 6.45) is 5.05. The van der Waals surface area contributed by atoms with E-state index in [0.29, 0.717) is 29.7 Å². The average Bonchev–Trinajstić information content (AvgIpc) is 3.12. The molecule has 1 aliphatic rings. The molecule has 0 bridgehead atoms. The van der Waals surface area contributed by atoms with Gasteiger partial charge in [-0.15, -0.1) is 0 Å². The third-order valence-corrected chi connectivity index (χ3v) is 5.93. The van der Waals surface area contributed by atoms with Crippen molar-refractivity contribution in [2.24, 2.45) is 11.0 Å². The molecule has 0 amide bonds. The van der Waals surface area contributed by atoms with Crippen molar-refractivity contribution in [2.45, 2.75) is 77.7 Å². The molecule has 1 aromatic rings. The summed E-state index contributed by atoms with van der Waals surface area (Å²) in [6.45, 7) is 9.33. The van der Waals surface area contributed by atoms with Crippen molar-refractivity contribution in [1.82, 2.24) is 0 Å². The Kier molecular flexibility index (Phi) is 11.0. The SMILES string of the molecule is Cc1ccc(OCCCN=[N+]=[N-])c(/C=C/C[C@H]2OC(C)(C)O[C@@H]2C(O)/C=C\[C@H](C)[C@H](C)O)c1C(=O)O. The summed E-state index contributed by atoms with van der Waals surface area (Å²) in [5.41, 5.74) is 9.55. The maximum atomic E-state index is 12.0. The smallest absolute Gasteiger partial charge is 0.336 e. The van der Waals surface area contributed by atoms with Crippen molar-refractivity contribution < 1.29 is 34.3 Å². The number of aryl methyl sites for hydroxylation is 1. The van der Waals surface area contributed by atoms with Gasteiger partial charge in [0.2, 0.25) is 0 Å². The van der Waals surface area contributed by atoms with Crippen molar-refractivity contribution in [3.05, 3.63) is 57.5 Å². The average molecular weight is 504 g/mol. The quantitative estimate of drug-likeness (QED) is 0.117. The number of hydrogen-bond acceptors (Lipinski definition) is 7. The molecule has 0 spiro atoms. The maximum Gasteiger partial charge on any atom is 0.336 e. The Bertz CT molecular complexity index is 999. The van der Waals surface area contributed by atoms with Crippen molar-refractivity contribution >= 4 is 12.0 Å². The number of azide groups is 1. The number of aliphatic hydroxyl groups is 2. The number of aromatic carboxylic acids is 1. The zero-order valence-electron chi connectivity index (χ0n) is 21.5. The molecule has 2 rings (SSSR count). The Morgan fingerprint density at radius 2 is 2.00 bits per heavy atom. The summed E-state index contributed by atoms with van der Waals surface area (Å²) in [7, 11) is 0. The van der Waals surface area contributed by atoms with Crippen LogP contribution >= 0.6 is 0 Å². The number of benzene rings is 1. The first kappa shape index (κ1) is 29.4. The molecule has 10 heteroatoms. The van der Waals surface area contributed by atoms with Gasteiger partial charge in [-0.1, -0.05) is 42.4 Å². The molecule has 1 saturated heterocycles. The Morgan fingerprint density at radius 3 is 2.64 bits per heavy atom. The van der Waals surface area contributed by atoms with Gasteiger partial charge in [0.25, 0.3) is 0 Å². The van der Waals surface area contributed by atoms with Crippen LogP contribution in [0.3, 0.4) is 0 Å². The molecule has 3 N–H and O–H groups in total. The van der Waals surface area contributed by atoms with Gasteiger partial charge in [0.05, 0.1) is 24.4 Å². The maximum absolute atomic E-state index is 12.0. The van der Waals surface area contributed by atoms with Crippen molar-refractivity contribution in [1.29, 1.82) is 0 Å². The van der Waals surface area contributed by atoms with Gasteiger partial charge in [0.15, 0.2) is 5.79 Å². The number of nitrogens with zero attached hydrogens (tertiary/aromatic N) is 3. The molecule has 1 heterocycles. The topological polar surface area (TPSA) is 154 Å². The number of hydrogen-bond donors (Lipinski definition) is 3. The van der Waals surface area contributed by atoms with E-state index in [0.717, 1.165) is 0 Å². The number of carboxylic acid groups (broad SMARTS) is 1. The van der Waals surface area contributed by atoms with E-state index < -0.39 is 36.2 Å². The summed E-state index contributed by atoms with van der Waals surface area (Å²) in [5.74, 6) is -1.69. The lowest BCUT2D eigenvalue weighted by atomic mass is 9.98. The second-order valence-electron chi connectivity index (χ2n) is 9.38. The van der Waals surface area contributed by atoms with Crippen LogP contribution in [-0.2, 0) is 9.47 Å². The van der Waals surface area contributed by atoms with E-state index in [1.165, 1.54) is 0 Å². The van der Waals surface area contributed by atoms with Crippen molar-refractivity contribution in [3.8, 4) is 5.75 Å². The van der Waals surface area contributed by atoms with Gasteiger partial charge < -0.3 is 29.5 Å². The highest BCUT2D eigenvalue weighted by molar-refractivity contribution is 5.95. The third kappa shape index (κ3) is 8.36. The number of carboxylic acids is 1. The molecule has 1 unspecified atom stereocenters. The molecule has 0 aliphatic carbocycles. The summed E-state index contributed by atoms with van der Waals surface area (Å²) >= 11 is 0. The van der Waals surface area contributed by atoms with Gasteiger partial charge in [0, 0.05) is 17.0 Å². The summed E-state index contributed by atoms with van der Waals surface area (Å²) < 4.78 is 17.7. The van der Waals surface area contributed by atoms with E-state index in [-0.39, 0.29) is 24.6 Å². The van der Waals surface area contributed by atoms with Gasteiger partial charge in [0.1, 0.15) is 18.0 Å². The third-order valence-electron chi connectivity index (χ3n) is 5.93. The van der Waals surface area contributed by atoms with Crippen molar-refractivity contribution in [2.75, 3.05) is 13.2 Å². The van der Waals surface area contributed by atoms with E-state index >= 15 is 0 Å². The summed E-state index contributed by atoms with van der Waals surface area (Å²) in [4.78, 5) is 14.7. The van der Waals surface area contributed by atoms with E-state index in [1.54, 1.807) is 64.1 Å². The molecular weight excluding hydrogens is 466 g/mol.